The van der Waals surface area contributed by atoms with E-state index in [2.05, 4.69) is 21.8 Å². The first kappa shape index (κ1) is 17.4. The van der Waals surface area contributed by atoms with Gasteiger partial charge in [-0.05, 0) is 38.8 Å². The summed E-state index contributed by atoms with van der Waals surface area (Å²) in [5.74, 6) is 1.40. The largest absolute Gasteiger partial charge is 0.384 e. The summed E-state index contributed by atoms with van der Waals surface area (Å²) in [6, 6.07) is 2.06. The summed E-state index contributed by atoms with van der Waals surface area (Å²) in [6.07, 6.45) is 7.94. The van der Waals surface area contributed by atoms with Crippen molar-refractivity contribution < 1.29 is 9.53 Å². The van der Waals surface area contributed by atoms with Crippen LogP contribution in [0.2, 0.25) is 0 Å². The van der Waals surface area contributed by atoms with Gasteiger partial charge in [-0.2, -0.15) is 5.10 Å². The highest BCUT2D eigenvalue weighted by Gasteiger charge is 2.40. The van der Waals surface area contributed by atoms with E-state index in [1.165, 1.54) is 32.1 Å². The number of aromatic nitrogens is 2. The lowest BCUT2D eigenvalue weighted by Crippen LogP contribution is -2.47. The van der Waals surface area contributed by atoms with E-state index in [0.29, 0.717) is 12.5 Å². The summed E-state index contributed by atoms with van der Waals surface area (Å²) in [6.45, 7) is 2.18. The molecule has 1 aliphatic heterocycles. The number of nitrogens with zero attached hydrogens (tertiary/aromatic N) is 2. The predicted octanol–water partition coefficient (Wildman–Crippen LogP) is 2.42. The Morgan fingerprint density at radius 2 is 2.08 bits per heavy atom. The molecular formula is C18H30N4O2. The van der Waals surface area contributed by atoms with Crippen LogP contribution in [0.15, 0.2) is 6.07 Å². The Morgan fingerprint density at radius 3 is 2.75 bits per heavy atom. The number of hydrogen-bond acceptors (Lipinski definition) is 4. The topological polar surface area (TPSA) is 68.2 Å². The molecule has 1 amide bonds. The summed E-state index contributed by atoms with van der Waals surface area (Å²) >= 11 is 0. The van der Waals surface area contributed by atoms with Gasteiger partial charge in [-0.1, -0.05) is 19.3 Å². The van der Waals surface area contributed by atoms with Crippen LogP contribution in [0.3, 0.4) is 0 Å². The van der Waals surface area contributed by atoms with Crippen LogP contribution < -0.4 is 10.6 Å². The second-order valence-corrected chi connectivity index (χ2v) is 7.33. The van der Waals surface area contributed by atoms with E-state index in [1.807, 2.05) is 11.7 Å². The Morgan fingerprint density at radius 1 is 1.38 bits per heavy atom. The van der Waals surface area contributed by atoms with Gasteiger partial charge in [0.25, 0.3) is 0 Å². The van der Waals surface area contributed by atoms with E-state index in [0.717, 1.165) is 37.4 Å². The van der Waals surface area contributed by atoms with Crippen molar-refractivity contribution in [3.8, 4) is 0 Å². The molecule has 1 aliphatic carbocycles. The summed E-state index contributed by atoms with van der Waals surface area (Å²) in [7, 11) is 3.58. The maximum absolute atomic E-state index is 13.0. The molecule has 0 bridgehead atoms. The number of amides is 1. The maximum atomic E-state index is 13.0. The zero-order valence-corrected chi connectivity index (χ0v) is 14.9. The number of anilines is 1. The second-order valence-electron chi connectivity index (χ2n) is 7.33. The Hall–Kier alpha value is -1.40. The van der Waals surface area contributed by atoms with Gasteiger partial charge in [0.05, 0.1) is 17.7 Å². The molecule has 0 radical (unpaired) electrons. The Kier molecular flexibility index (Phi) is 5.56. The molecule has 1 aromatic heterocycles. The predicted molar refractivity (Wildman–Crippen MR) is 94.1 cm³/mol. The molecule has 1 aromatic rings. The first-order valence-corrected chi connectivity index (χ1v) is 9.20. The standard InChI is InChI=1S/C18H30N4O2/c1-22-16(12-15(21-22)14-6-4-3-5-7-14)20-17(23)18(13-24-2)8-10-19-11-9-18/h12,14,19H,3-11,13H2,1-2H3,(H,20,23). The van der Waals surface area contributed by atoms with Crippen LogP contribution in [-0.2, 0) is 16.6 Å². The fraction of sp³-hybridized carbons (Fsp3) is 0.778. The molecule has 6 nitrogen and oxygen atoms in total. The van der Waals surface area contributed by atoms with Crippen molar-refractivity contribution in [3.05, 3.63) is 11.8 Å². The molecule has 2 aliphatic rings. The van der Waals surface area contributed by atoms with Crippen LogP contribution in [-0.4, -0.2) is 42.5 Å². The molecule has 0 spiro atoms. The quantitative estimate of drug-likeness (QED) is 0.868. The molecule has 6 heteroatoms. The Balaban J connectivity index is 1.72. The zero-order chi connectivity index (χ0) is 17.0. The minimum Gasteiger partial charge on any atom is -0.384 e. The van der Waals surface area contributed by atoms with E-state index < -0.39 is 5.41 Å². The molecule has 1 saturated heterocycles. The lowest BCUT2D eigenvalue weighted by Gasteiger charge is -2.35. The highest BCUT2D eigenvalue weighted by molar-refractivity contribution is 5.95. The van der Waals surface area contributed by atoms with Crippen molar-refractivity contribution in [1.29, 1.82) is 0 Å². The summed E-state index contributed by atoms with van der Waals surface area (Å²) in [5, 5.41) is 11.1. The van der Waals surface area contributed by atoms with Crippen LogP contribution in [0.4, 0.5) is 5.82 Å². The van der Waals surface area contributed by atoms with Gasteiger partial charge < -0.3 is 15.4 Å². The van der Waals surface area contributed by atoms with Gasteiger partial charge in [0, 0.05) is 26.1 Å². The van der Waals surface area contributed by atoms with Gasteiger partial charge in [-0.3, -0.25) is 9.48 Å². The van der Waals surface area contributed by atoms with Crippen molar-refractivity contribution >= 4 is 11.7 Å². The number of rotatable bonds is 5. The SMILES string of the molecule is COCC1(C(=O)Nc2cc(C3CCCCC3)nn2C)CCNCC1. The van der Waals surface area contributed by atoms with Crippen molar-refractivity contribution in [2.75, 3.05) is 32.1 Å². The number of piperidine rings is 1. The Bertz CT molecular complexity index is 552. The molecule has 0 unspecified atom stereocenters. The van der Waals surface area contributed by atoms with Crippen LogP contribution in [0.5, 0.6) is 0 Å². The van der Waals surface area contributed by atoms with Crippen molar-refractivity contribution in [3.63, 3.8) is 0 Å². The highest BCUT2D eigenvalue weighted by Crippen LogP contribution is 2.34. The number of carbonyl (C=O) groups is 1. The summed E-state index contributed by atoms with van der Waals surface area (Å²) < 4.78 is 7.17. The van der Waals surface area contributed by atoms with Crippen molar-refractivity contribution in [2.45, 2.75) is 50.9 Å². The zero-order valence-electron chi connectivity index (χ0n) is 14.9. The van der Waals surface area contributed by atoms with Gasteiger partial charge >= 0.3 is 0 Å². The first-order valence-electron chi connectivity index (χ1n) is 9.20. The van der Waals surface area contributed by atoms with E-state index >= 15 is 0 Å². The molecule has 3 rings (SSSR count). The average molecular weight is 334 g/mol. The van der Waals surface area contributed by atoms with Crippen LogP contribution in [0.25, 0.3) is 0 Å². The third kappa shape index (κ3) is 3.64. The third-order valence-corrected chi connectivity index (χ3v) is 5.63. The molecule has 24 heavy (non-hydrogen) atoms. The highest BCUT2D eigenvalue weighted by atomic mass is 16.5. The molecule has 0 aromatic carbocycles. The monoisotopic (exact) mass is 334 g/mol. The van der Waals surface area contributed by atoms with Gasteiger partial charge in [0.2, 0.25) is 5.91 Å². The van der Waals surface area contributed by atoms with Gasteiger partial charge in [-0.15, -0.1) is 0 Å². The lowest BCUT2D eigenvalue weighted by atomic mass is 9.78. The molecule has 2 N–H and O–H groups in total. The number of carbonyl (C=O) groups excluding carboxylic acids is 1. The van der Waals surface area contributed by atoms with E-state index in [-0.39, 0.29) is 5.91 Å². The fourth-order valence-corrected chi connectivity index (χ4v) is 4.07. The molecule has 0 atom stereocenters. The van der Waals surface area contributed by atoms with Crippen LogP contribution >= 0.6 is 0 Å². The molecule has 2 fully saturated rings. The van der Waals surface area contributed by atoms with E-state index in [4.69, 9.17) is 4.74 Å². The van der Waals surface area contributed by atoms with Crippen molar-refractivity contribution in [2.24, 2.45) is 12.5 Å². The summed E-state index contributed by atoms with van der Waals surface area (Å²) in [4.78, 5) is 13.0. The van der Waals surface area contributed by atoms with E-state index in [9.17, 15) is 4.79 Å². The van der Waals surface area contributed by atoms with Gasteiger partial charge in [0.1, 0.15) is 5.82 Å². The summed E-state index contributed by atoms with van der Waals surface area (Å²) in [5.41, 5.74) is 0.688. The molecule has 1 saturated carbocycles. The van der Waals surface area contributed by atoms with E-state index in [1.54, 1.807) is 7.11 Å². The van der Waals surface area contributed by atoms with Crippen LogP contribution in [0.1, 0.15) is 56.6 Å². The fourth-order valence-electron chi connectivity index (χ4n) is 4.07. The normalized spacial score (nSPS) is 21.6. The number of ether oxygens (including phenoxy) is 1. The lowest BCUT2D eigenvalue weighted by molar-refractivity contribution is -0.130. The molecule has 134 valence electrons. The third-order valence-electron chi connectivity index (χ3n) is 5.63. The molecule has 2 heterocycles. The number of aryl methyl sites for hydroxylation is 1. The number of hydrogen-bond donors (Lipinski definition) is 2. The maximum Gasteiger partial charge on any atom is 0.234 e. The van der Waals surface area contributed by atoms with Crippen LogP contribution in [0, 0.1) is 5.41 Å². The minimum atomic E-state index is -0.435. The minimum absolute atomic E-state index is 0.0593. The average Bonchev–Trinajstić information content (AvgIpc) is 2.97. The molecular weight excluding hydrogens is 304 g/mol. The number of methoxy groups -OCH3 is 1. The van der Waals surface area contributed by atoms with Gasteiger partial charge in [0.15, 0.2) is 0 Å². The first-order chi connectivity index (χ1) is 11.6. The smallest absolute Gasteiger partial charge is 0.234 e. The Labute approximate surface area is 144 Å². The van der Waals surface area contributed by atoms with Crippen molar-refractivity contribution in [1.82, 2.24) is 15.1 Å². The number of nitrogens with one attached hydrogen (secondary N) is 2. The van der Waals surface area contributed by atoms with Gasteiger partial charge in [-0.25, -0.2) is 0 Å². The second kappa shape index (κ2) is 7.66.